The van der Waals surface area contributed by atoms with Crippen molar-refractivity contribution in [2.45, 2.75) is 76.4 Å². The summed E-state index contributed by atoms with van der Waals surface area (Å²) in [4.78, 5) is 5.07. The molecule has 0 aromatic heterocycles. The highest BCUT2D eigenvalue weighted by Crippen LogP contribution is 2.33. The molecule has 1 saturated carbocycles. The lowest BCUT2D eigenvalue weighted by atomic mass is 9.92. The van der Waals surface area contributed by atoms with E-state index in [1.54, 1.807) is 0 Å². The maximum atomic E-state index is 9.87. The Bertz CT molecular complexity index is 272. The summed E-state index contributed by atoms with van der Waals surface area (Å²) in [6, 6.07) is 0.992. The molecule has 1 saturated heterocycles. The van der Waals surface area contributed by atoms with Crippen LogP contribution in [0.1, 0.15) is 58.8 Å². The van der Waals surface area contributed by atoms with Crippen LogP contribution in [0.25, 0.3) is 0 Å². The molecule has 1 atom stereocenters. The van der Waals surface area contributed by atoms with E-state index < -0.39 is 0 Å². The molecule has 0 amide bonds. The van der Waals surface area contributed by atoms with E-state index in [1.165, 1.54) is 44.9 Å². The van der Waals surface area contributed by atoms with Crippen LogP contribution in [0.15, 0.2) is 0 Å². The van der Waals surface area contributed by atoms with Crippen molar-refractivity contribution in [3.05, 3.63) is 0 Å². The van der Waals surface area contributed by atoms with Gasteiger partial charge in [-0.15, -0.1) is 0 Å². The third-order valence-electron chi connectivity index (χ3n) is 5.15. The molecule has 1 aliphatic carbocycles. The zero-order valence-electron chi connectivity index (χ0n) is 13.1. The van der Waals surface area contributed by atoms with Crippen LogP contribution >= 0.6 is 0 Å². The Kier molecular flexibility index (Phi) is 5.27. The van der Waals surface area contributed by atoms with Gasteiger partial charge in [0.1, 0.15) is 0 Å². The Morgan fingerprint density at radius 3 is 2.32 bits per heavy atom. The lowest BCUT2D eigenvalue weighted by Gasteiger charge is -2.46. The number of nitrogens with zero attached hydrogens (tertiary/aromatic N) is 2. The van der Waals surface area contributed by atoms with Gasteiger partial charge >= 0.3 is 0 Å². The third-order valence-corrected chi connectivity index (χ3v) is 5.15. The molecule has 112 valence electrons. The number of hydrogen-bond acceptors (Lipinski definition) is 3. The first-order chi connectivity index (χ1) is 9.04. The van der Waals surface area contributed by atoms with Crippen molar-refractivity contribution in [2.75, 3.05) is 26.7 Å². The number of hydrogen-bond donors (Lipinski definition) is 1. The highest BCUT2D eigenvalue weighted by Gasteiger charge is 2.39. The second kappa shape index (κ2) is 6.55. The largest absolute Gasteiger partial charge is 0.395 e. The second-order valence-corrected chi connectivity index (χ2v) is 7.21. The van der Waals surface area contributed by atoms with Crippen molar-refractivity contribution in [3.8, 4) is 0 Å². The van der Waals surface area contributed by atoms with Crippen LogP contribution < -0.4 is 0 Å². The molecule has 2 fully saturated rings. The third kappa shape index (κ3) is 3.71. The Morgan fingerprint density at radius 2 is 1.74 bits per heavy atom. The van der Waals surface area contributed by atoms with E-state index in [1.807, 2.05) is 0 Å². The minimum Gasteiger partial charge on any atom is -0.395 e. The quantitative estimate of drug-likeness (QED) is 0.780. The Hall–Kier alpha value is -0.120. The van der Waals surface area contributed by atoms with Crippen molar-refractivity contribution in [2.24, 2.45) is 0 Å². The van der Waals surface area contributed by atoms with E-state index in [0.29, 0.717) is 18.7 Å². The summed E-state index contributed by atoms with van der Waals surface area (Å²) >= 11 is 0. The van der Waals surface area contributed by atoms with Crippen LogP contribution in [-0.2, 0) is 0 Å². The molecule has 2 rings (SSSR count). The summed E-state index contributed by atoms with van der Waals surface area (Å²) in [5.74, 6) is 0. The number of rotatable bonds is 2. The van der Waals surface area contributed by atoms with E-state index in [0.717, 1.165) is 13.1 Å². The summed E-state index contributed by atoms with van der Waals surface area (Å²) in [5.41, 5.74) is 0.215. The maximum Gasteiger partial charge on any atom is 0.0599 e. The summed E-state index contributed by atoms with van der Waals surface area (Å²) in [5, 5.41) is 9.87. The molecule has 0 spiro atoms. The van der Waals surface area contributed by atoms with Gasteiger partial charge in [-0.05, 0) is 46.7 Å². The summed E-state index contributed by atoms with van der Waals surface area (Å²) in [6.45, 7) is 7.20. The van der Waals surface area contributed by atoms with Crippen LogP contribution in [0.3, 0.4) is 0 Å². The first kappa shape index (κ1) is 15.3. The predicted molar refractivity (Wildman–Crippen MR) is 80.4 cm³/mol. The minimum absolute atomic E-state index is 0.215. The highest BCUT2D eigenvalue weighted by molar-refractivity contribution is 4.95. The summed E-state index contributed by atoms with van der Waals surface area (Å²) in [7, 11) is 2.19. The molecule has 19 heavy (non-hydrogen) atoms. The van der Waals surface area contributed by atoms with Gasteiger partial charge in [-0.1, -0.05) is 25.7 Å². The predicted octanol–water partition coefficient (Wildman–Crippen LogP) is 2.49. The Balaban J connectivity index is 2.19. The van der Waals surface area contributed by atoms with Gasteiger partial charge in [0.05, 0.1) is 6.61 Å². The van der Waals surface area contributed by atoms with Gasteiger partial charge in [-0.25, -0.2) is 0 Å². The molecule has 1 unspecified atom stereocenters. The standard InChI is InChI=1S/C16H32N2O/c1-16(2)10-11-17(3)12-15(13-19)18(16)14-8-6-4-5-7-9-14/h14-15,19H,4-13H2,1-3H3. The van der Waals surface area contributed by atoms with Gasteiger partial charge in [0, 0.05) is 24.2 Å². The molecule has 1 N–H and O–H groups in total. The zero-order chi connectivity index (χ0) is 13.9. The molecular formula is C16H32N2O. The van der Waals surface area contributed by atoms with Crippen LogP contribution in [-0.4, -0.2) is 59.3 Å². The average molecular weight is 268 g/mol. The molecule has 1 aliphatic heterocycles. The van der Waals surface area contributed by atoms with Gasteiger partial charge in [-0.2, -0.15) is 0 Å². The van der Waals surface area contributed by atoms with Crippen LogP contribution in [0.2, 0.25) is 0 Å². The van der Waals surface area contributed by atoms with E-state index in [9.17, 15) is 5.11 Å². The van der Waals surface area contributed by atoms with Crippen LogP contribution in [0.4, 0.5) is 0 Å². The van der Waals surface area contributed by atoms with Gasteiger partial charge in [-0.3, -0.25) is 4.90 Å². The lowest BCUT2D eigenvalue weighted by Crippen LogP contribution is -2.56. The molecule has 0 aromatic rings. The lowest BCUT2D eigenvalue weighted by molar-refractivity contribution is -0.00217. The molecule has 1 heterocycles. The topological polar surface area (TPSA) is 26.7 Å². The normalized spacial score (nSPS) is 31.9. The van der Waals surface area contributed by atoms with Crippen LogP contribution in [0, 0.1) is 0 Å². The number of likely N-dealkylation sites (N-methyl/N-ethyl adjacent to an activating group) is 1. The molecule has 3 heteroatoms. The molecule has 0 bridgehead atoms. The van der Waals surface area contributed by atoms with Gasteiger partial charge in [0.2, 0.25) is 0 Å². The Morgan fingerprint density at radius 1 is 1.11 bits per heavy atom. The van der Waals surface area contributed by atoms with Crippen molar-refractivity contribution >= 4 is 0 Å². The maximum absolute atomic E-state index is 9.87. The first-order valence-corrected chi connectivity index (χ1v) is 8.12. The Labute approximate surface area is 119 Å². The zero-order valence-corrected chi connectivity index (χ0v) is 13.1. The fourth-order valence-corrected chi connectivity index (χ4v) is 4.10. The molecule has 3 nitrogen and oxygen atoms in total. The van der Waals surface area contributed by atoms with Crippen molar-refractivity contribution < 1.29 is 5.11 Å². The van der Waals surface area contributed by atoms with Crippen molar-refractivity contribution in [3.63, 3.8) is 0 Å². The number of aliphatic hydroxyl groups is 1. The van der Waals surface area contributed by atoms with Crippen molar-refractivity contribution in [1.82, 2.24) is 9.80 Å². The van der Waals surface area contributed by atoms with Gasteiger partial charge < -0.3 is 10.0 Å². The highest BCUT2D eigenvalue weighted by atomic mass is 16.3. The van der Waals surface area contributed by atoms with Crippen molar-refractivity contribution in [1.29, 1.82) is 0 Å². The summed E-state index contributed by atoms with van der Waals surface area (Å²) < 4.78 is 0. The van der Waals surface area contributed by atoms with E-state index in [4.69, 9.17) is 0 Å². The van der Waals surface area contributed by atoms with E-state index in [-0.39, 0.29) is 5.54 Å². The average Bonchev–Trinajstić information content (AvgIpc) is 2.68. The number of aliphatic hydroxyl groups excluding tert-OH is 1. The minimum atomic E-state index is 0.215. The molecule has 0 radical (unpaired) electrons. The van der Waals surface area contributed by atoms with Gasteiger partial charge in [0.15, 0.2) is 0 Å². The SMILES string of the molecule is CN1CCC(C)(C)N(C2CCCCCC2)C(CO)C1. The first-order valence-electron chi connectivity index (χ1n) is 8.12. The monoisotopic (exact) mass is 268 g/mol. The molecule has 2 aliphatic rings. The molecular weight excluding hydrogens is 236 g/mol. The fraction of sp³-hybridized carbons (Fsp3) is 1.00. The van der Waals surface area contributed by atoms with E-state index >= 15 is 0 Å². The van der Waals surface area contributed by atoms with E-state index in [2.05, 4.69) is 30.7 Å². The van der Waals surface area contributed by atoms with Crippen LogP contribution in [0.5, 0.6) is 0 Å². The van der Waals surface area contributed by atoms with Gasteiger partial charge in [0.25, 0.3) is 0 Å². The fourth-order valence-electron chi connectivity index (χ4n) is 4.10. The summed E-state index contributed by atoms with van der Waals surface area (Å²) in [6.07, 6.45) is 9.38. The molecule has 0 aromatic carbocycles. The smallest absolute Gasteiger partial charge is 0.0599 e. The second-order valence-electron chi connectivity index (χ2n) is 7.21.